The SMILES string of the molecule is NCCCC[C@H](NC(=O)CI)C(=O)O. The van der Waals surface area contributed by atoms with Gasteiger partial charge in [0.05, 0.1) is 4.43 Å². The molecule has 0 aromatic rings. The smallest absolute Gasteiger partial charge is 0.326 e. The van der Waals surface area contributed by atoms with Gasteiger partial charge in [0.1, 0.15) is 6.04 Å². The third kappa shape index (κ3) is 6.14. The molecule has 0 rings (SSSR count). The van der Waals surface area contributed by atoms with Crippen LogP contribution in [-0.4, -0.2) is 34.0 Å². The second kappa shape index (κ2) is 7.98. The maximum absolute atomic E-state index is 11.0. The lowest BCUT2D eigenvalue weighted by atomic mass is 10.1. The van der Waals surface area contributed by atoms with E-state index in [1.807, 2.05) is 22.6 Å². The molecule has 0 aliphatic carbocycles. The first-order valence-electron chi connectivity index (χ1n) is 4.40. The molecule has 6 heteroatoms. The Morgan fingerprint density at radius 3 is 2.50 bits per heavy atom. The lowest BCUT2D eigenvalue weighted by Crippen LogP contribution is -2.41. The Kier molecular flexibility index (Phi) is 7.77. The summed E-state index contributed by atoms with van der Waals surface area (Å²) in [6.45, 7) is 0.548. The summed E-state index contributed by atoms with van der Waals surface area (Å²) in [4.78, 5) is 21.6. The van der Waals surface area contributed by atoms with Crippen molar-refractivity contribution >= 4 is 34.5 Å². The molecule has 14 heavy (non-hydrogen) atoms. The van der Waals surface area contributed by atoms with E-state index in [4.69, 9.17) is 10.8 Å². The molecule has 0 fully saturated rings. The number of rotatable bonds is 7. The summed E-state index contributed by atoms with van der Waals surface area (Å²) in [6.07, 6.45) is 1.94. The zero-order valence-corrected chi connectivity index (χ0v) is 9.99. The van der Waals surface area contributed by atoms with E-state index in [1.165, 1.54) is 0 Å². The molecule has 0 bridgehead atoms. The first kappa shape index (κ1) is 13.6. The van der Waals surface area contributed by atoms with Gasteiger partial charge in [0.2, 0.25) is 5.91 Å². The number of hydrogen-bond donors (Lipinski definition) is 3. The van der Waals surface area contributed by atoms with E-state index in [-0.39, 0.29) is 10.3 Å². The van der Waals surface area contributed by atoms with Gasteiger partial charge in [-0.25, -0.2) is 4.79 Å². The van der Waals surface area contributed by atoms with Crippen molar-refractivity contribution in [2.75, 3.05) is 11.0 Å². The maximum atomic E-state index is 11.0. The van der Waals surface area contributed by atoms with Crippen molar-refractivity contribution in [1.82, 2.24) is 5.32 Å². The number of hydrogen-bond acceptors (Lipinski definition) is 3. The van der Waals surface area contributed by atoms with Crippen molar-refractivity contribution in [3.05, 3.63) is 0 Å². The van der Waals surface area contributed by atoms with E-state index >= 15 is 0 Å². The van der Waals surface area contributed by atoms with Crippen molar-refractivity contribution in [1.29, 1.82) is 0 Å². The highest BCUT2D eigenvalue weighted by molar-refractivity contribution is 14.1. The van der Waals surface area contributed by atoms with Crippen LogP contribution in [-0.2, 0) is 9.59 Å². The van der Waals surface area contributed by atoms with Crippen LogP contribution in [0.1, 0.15) is 19.3 Å². The molecule has 0 saturated carbocycles. The van der Waals surface area contributed by atoms with Crippen LogP contribution in [0.5, 0.6) is 0 Å². The van der Waals surface area contributed by atoms with E-state index < -0.39 is 12.0 Å². The van der Waals surface area contributed by atoms with Crippen molar-refractivity contribution in [2.24, 2.45) is 5.73 Å². The first-order chi connectivity index (χ1) is 6.61. The number of carboxylic acids is 1. The fourth-order valence-electron chi connectivity index (χ4n) is 0.983. The standard InChI is InChI=1S/C8H15IN2O3/c9-5-7(12)11-6(8(13)14)3-1-2-4-10/h6H,1-5,10H2,(H,11,12)(H,13,14)/t6-/m0/s1. The number of unbranched alkanes of at least 4 members (excludes halogenated alkanes) is 1. The van der Waals surface area contributed by atoms with Crippen LogP contribution >= 0.6 is 22.6 Å². The van der Waals surface area contributed by atoms with E-state index in [2.05, 4.69) is 5.32 Å². The minimum absolute atomic E-state index is 0.245. The van der Waals surface area contributed by atoms with Gasteiger partial charge in [0.25, 0.3) is 0 Å². The Balaban J connectivity index is 3.90. The predicted molar refractivity (Wildman–Crippen MR) is 61.4 cm³/mol. The maximum Gasteiger partial charge on any atom is 0.326 e. The number of carbonyl (C=O) groups is 2. The van der Waals surface area contributed by atoms with Crippen LogP contribution < -0.4 is 11.1 Å². The van der Waals surface area contributed by atoms with Gasteiger partial charge in [-0.15, -0.1) is 0 Å². The Morgan fingerprint density at radius 2 is 2.07 bits per heavy atom. The second-order valence-electron chi connectivity index (χ2n) is 2.88. The van der Waals surface area contributed by atoms with Gasteiger partial charge in [0.15, 0.2) is 0 Å². The van der Waals surface area contributed by atoms with E-state index in [0.717, 1.165) is 12.8 Å². The number of carbonyl (C=O) groups excluding carboxylic acids is 1. The lowest BCUT2D eigenvalue weighted by molar-refractivity contribution is -0.141. The van der Waals surface area contributed by atoms with Crippen molar-refractivity contribution < 1.29 is 14.7 Å². The largest absolute Gasteiger partial charge is 0.480 e. The Morgan fingerprint density at radius 1 is 1.43 bits per heavy atom. The van der Waals surface area contributed by atoms with Gasteiger partial charge < -0.3 is 16.2 Å². The third-order valence-electron chi connectivity index (χ3n) is 1.70. The zero-order chi connectivity index (χ0) is 11.0. The molecule has 0 heterocycles. The topological polar surface area (TPSA) is 92.4 Å². The Hall–Kier alpha value is -0.370. The molecular weight excluding hydrogens is 299 g/mol. The zero-order valence-electron chi connectivity index (χ0n) is 7.83. The predicted octanol–water partition coefficient (Wildman–Crippen LogP) is 0.120. The van der Waals surface area contributed by atoms with Crippen LogP contribution in [0.25, 0.3) is 0 Å². The molecule has 4 N–H and O–H groups in total. The Bertz CT molecular complexity index is 199. The average Bonchev–Trinajstić information content (AvgIpc) is 2.16. The molecule has 1 atom stereocenters. The molecule has 5 nitrogen and oxygen atoms in total. The highest BCUT2D eigenvalue weighted by Gasteiger charge is 2.18. The summed E-state index contributed by atoms with van der Waals surface area (Å²) in [7, 11) is 0. The summed E-state index contributed by atoms with van der Waals surface area (Å²) in [5.41, 5.74) is 5.28. The number of halogens is 1. The normalized spacial score (nSPS) is 12.1. The lowest BCUT2D eigenvalue weighted by Gasteiger charge is -2.12. The molecule has 82 valence electrons. The Labute approximate surface area is 96.6 Å². The third-order valence-corrected chi connectivity index (χ3v) is 2.39. The monoisotopic (exact) mass is 314 g/mol. The van der Waals surface area contributed by atoms with Crippen molar-refractivity contribution in [3.63, 3.8) is 0 Å². The van der Waals surface area contributed by atoms with Gasteiger partial charge in [-0.3, -0.25) is 4.79 Å². The fraction of sp³-hybridized carbons (Fsp3) is 0.750. The van der Waals surface area contributed by atoms with Gasteiger partial charge in [0, 0.05) is 0 Å². The van der Waals surface area contributed by atoms with Crippen LogP contribution in [0.2, 0.25) is 0 Å². The van der Waals surface area contributed by atoms with E-state index in [9.17, 15) is 9.59 Å². The van der Waals surface area contributed by atoms with Gasteiger partial charge in [-0.2, -0.15) is 0 Å². The fourth-order valence-corrected chi connectivity index (χ4v) is 1.20. The molecule has 0 radical (unpaired) electrons. The molecule has 1 amide bonds. The number of carboxylic acid groups (broad SMARTS) is 1. The molecule has 0 saturated heterocycles. The molecule has 0 aromatic heterocycles. The van der Waals surface area contributed by atoms with Crippen LogP contribution in [0.4, 0.5) is 0 Å². The minimum atomic E-state index is -0.986. The molecular formula is C8H15IN2O3. The highest BCUT2D eigenvalue weighted by atomic mass is 127. The highest BCUT2D eigenvalue weighted by Crippen LogP contribution is 2.01. The molecule has 0 aromatic carbocycles. The summed E-state index contributed by atoms with van der Waals surface area (Å²) < 4.78 is 0.276. The van der Waals surface area contributed by atoms with Gasteiger partial charge in [-0.05, 0) is 25.8 Å². The first-order valence-corrected chi connectivity index (χ1v) is 5.92. The van der Waals surface area contributed by atoms with Crippen molar-refractivity contribution in [2.45, 2.75) is 25.3 Å². The number of alkyl halides is 1. The number of nitrogens with one attached hydrogen (secondary N) is 1. The number of nitrogens with two attached hydrogens (primary N) is 1. The summed E-state index contributed by atoms with van der Waals surface area (Å²) >= 11 is 1.89. The van der Waals surface area contributed by atoms with Crippen LogP contribution in [0.3, 0.4) is 0 Å². The van der Waals surface area contributed by atoms with Gasteiger partial charge in [-0.1, -0.05) is 22.6 Å². The van der Waals surface area contributed by atoms with Gasteiger partial charge >= 0.3 is 5.97 Å². The quantitative estimate of drug-likeness (QED) is 0.353. The molecule has 0 unspecified atom stereocenters. The molecule has 0 aliphatic rings. The van der Waals surface area contributed by atoms with E-state index in [1.54, 1.807) is 0 Å². The number of amides is 1. The van der Waals surface area contributed by atoms with Crippen molar-refractivity contribution in [3.8, 4) is 0 Å². The summed E-state index contributed by atoms with van der Waals surface area (Å²) in [6, 6.07) is -0.774. The molecule has 0 spiro atoms. The van der Waals surface area contributed by atoms with Crippen LogP contribution in [0, 0.1) is 0 Å². The molecule has 0 aliphatic heterocycles. The number of aliphatic carboxylic acids is 1. The summed E-state index contributed by atoms with van der Waals surface area (Å²) in [5, 5.41) is 11.2. The minimum Gasteiger partial charge on any atom is -0.480 e. The summed E-state index contributed by atoms with van der Waals surface area (Å²) in [5.74, 6) is -1.23. The average molecular weight is 314 g/mol. The second-order valence-corrected chi connectivity index (χ2v) is 3.64. The van der Waals surface area contributed by atoms with Crippen LogP contribution in [0.15, 0.2) is 0 Å². The van der Waals surface area contributed by atoms with E-state index in [0.29, 0.717) is 13.0 Å².